The molecular weight excluding hydrogens is 706 g/mol. The number of imidazole rings is 2. The largest absolute Gasteiger partial charge is 0.494 e. The van der Waals surface area contributed by atoms with Crippen LogP contribution in [-0.4, -0.2) is 71.6 Å². The van der Waals surface area contributed by atoms with Gasteiger partial charge in [0.25, 0.3) is 11.8 Å². The van der Waals surface area contributed by atoms with Crippen LogP contribution in [0.5, 0.6) is 11.5 Å². The standard InChI is InChI=1S/C34H30F2N14O4/c1-53-27-17(29(37)51)9-11-21-25(27)41-33(23-15(31(43-39)44-40)5-3-7-19(23)35)49(21)13-14-50-22-12-10-18(30(38)52)28(54-2)26(22)42-34(50)24-16(6-4-8-20(24)36)32-45-47-48-46-32/h3-12H,13-14,39-40H2,1-2H3,(H2,37,51)(H2,38,52)(H,43,44)(H,45,46,47,48). The van der Waals surface area contributed by atoms with Crippen molar-refractivity contribution in [3.63, 3.8) is 0 Å². The first-order chi connectivity index (χ1) is 26.1. The van der Waals surface area contributed by atoms with Crippen molar-refractivity contribution in [2.75, 3.05) is 14.2 Å². The number of methoxy groups -OCH3 is 2. The summed E-state index contributed by atoms with van der Waals surface area (Å²) in [6.07, 6.45) is 0. The van der Waals surface area contributed by atoms with Crippen molar-refractivity contribution in [3.8, 4) is 45.7 Å². The zero-order chi connectivity index (χ0) is 38.3. The van der Waals surface area contributed by atoms with Crippen molar-refractivity contribution in [1.82, 2.24) is 45.2 Å². The highest BCUT2D eigenvalue weighted by molar-refractivity contribution is 6.06. The van der Waals surface area contributed by atoms with Gasteiger partial charge < -0.3 is 41.3 Å². The lowest BCUT2D eigenvalue weighted by atomic mass is 10.0. The molecule has 274 valence electrons. The van der Waals surface area contributed by atoms with Crippen LogP contribution in [0.15, 0.2) is 65.8 Å². The number of amides is 2. The number of rotatable bonds is 11. The fourth-order valence-electron chi connectivity index (χ4n) is 6.52. The second kappa shape index (κ2) is 13.9. The molecule has 20 heteroatoms. The van der Waals surface area contributed by atoms with Gasteiger partial charge in [-0.3, -0.25) is 9.59 Å². The molecule has 7 rings (SSSR count). The van der Waals surface area contributed by atoms with Gasteiger partial charge in [-0.1, -0.05) is 24.3 Å². The van der Waals surface area contributed by atoms with Crippen LogP contribution < -0.4 is 38.1 Å². The lowest BCUT2D eigenvalue weighted by Gasteiger charge is -2.17. The Hall–Kier alpha value is -7.48. The number of primary amides is 2. The number of halogens is 2. The molecule has 0 radical (unpaired) electrons. The Balaban J connectivity index is 1.51. The number of H-pyrrole nitrogens is 1. The highest BCUT2D eigenvalue weighted by Crippen LogP contribution is 2.39. The minimum Gasteiger partial charge on any atom is -0.494 e. The highest BCUT2D eigenvalue weighted by Gasteiger charge is 2.28. The van der Waals surface area contributed by atoms with Gasteiger partial charge in [0.15, 0.2) is 17.3 Å². The maximum Gasteiger partial charge on any atom is 0.252 e. The van der Waals surface area contributed by atoms with Crippen LogP contribution in [-0.2, 0) is 13.1 Å². The molecule has 7 aromatic rings. The molecule has 0 aliphatic heterocycles. The van der Waals surface area contributed by atoms with Crippen molar-refractivity contribution < 1.29 is 27.8 Å². The topological polar surface area (TPSA) is 271 Å². The summed E-state index contributed by atoms with van der Waals surface area (Å²) >= 11 is 0. The second-order valence-corrected chi connectivity index (χ2v) is 11.6. The summed E-state index contributed by atoms with van der Waals surface area (Å²) in [5, 5.41) is 17.8. The third-order valence-corrected chi connectivity index (χ3v) is 8.82. The molecule has 0 unspecified atom stereocenters. The minimum absolute atomic E-state index is 0.00811. The quantitative estimate of drug-likeness (QED) is 0.0483. The fraction of sp³-hybridized carbons (Fsp3) is 0.118. The number of benzene rings is 4. The molecule has 4 aromatic carbocycles. The normalized spacial score (nSPS) is 11.7. The predicted octanol–water partition coefficient (Wildman–Crippen LogP) is 2.18. The molecule has 3 heterocycles. The number of nitrogens with zero attached hydrogens (tertiary/aromatic N) is 8. The van der Waals surface area contributed by atoms with E-state index in [1.807, 2.05) is 0 Å². The van der Waals surface area contributed by atoms with Crippen molar-refractivity contribution in [3.05, 3.63) is 89.0 Å². The van der Waals surface area contributed by atoms with Crippen LogP contribution in [0.1, 0.15) is 26.3 Å². The van der Waals surface area contributed by atoms with Crippen LogP contribution in [0, 0.1) is 11.6 Å². The number of fused-ring (bicyclic) bond motifs is 2. The van der Waals surface area contributed by atoms with Crippen LogP contribution in [0.2, 0.25) is 0 Å². The van der Waals surface area contributed by atoms with Gasteiger partial charge in [-0.25, -0.2) is 24.6 Å². The lowest BCUT2D eigenvalue weighted by molar-refractivity contribution is 0.0989. The van der Waals surface area contributed by atoms with E-state index in [9.17, 15) is 9.59 Å². The molecule has 0 bridgehead atoms. The van der Waals surface area contributed by atoms with Gasteiger partial charge in [-0.05, 0) is 41.6 Å². The molecule has 0 fully saturated rings. The maximum absolute atomic E-state index is 16.1. The zero-order valence-corrected chi connectivity index (χ0v) is 28.5. The van der Waals surface area contributed by atoms with Crippen LogP contribution in [0.4, 0.5) is 8.78 Å². The minimum atomic E-state index is -0.776. The van der Waals surface area contributed by atoms with E-state index in [1.54, 1.807) is 33.4 Å². The number of carbonyl (C=O) groups excluding carboxylic acids is 2. The van der Waals surface area contributed by atoms with Gasteiger partial charge in [0, 0.05) is 24.2 Å². The van der Waals surface area contributed by atoms with Crippen molar-refractivity contribution >= 4 is 39.7 Å². The van der Waals surface area contributed by atoms with Crippen LogP contribution >= 0.6 is 0 Å². The number of hydrazone groups is 1. The van der Waals surface area contributed by atoms with Crippen molar-refractivity contribution in [2.24, 2.45) is 28.3 Å². The van der Waals surface area contributed by atoms with Gasteiger partial charge in [-0.15, -0.1) is 10.2 Å². The Bertz CT molecular complexity index is 2640. The van der Waals surface area contributed by atoms with E-state index in [0.717, 1.165) is 0 Å². The van der Waals surface area contributed by atoms with E-state index >= 15 is 8.78 Å². The number of nitrogens with two attached hydrogens (primary N) is 4. The smallest absolute Gasteiger partial charge is 0.252 e. The molecule has 0 saturated carbocycles. The molecule has 10 N–H and O–H groups in total. The molecule has 18 nitrogen and oxygen atoms in total. The van der Waals surface area contributed by atoms with E-state index in [0.29, 0.717) is 11.0 Å². The molecule has 2 amide bonds. The Morgan fingerprint density at radius 1 is 0.796 bits per heavy atom. The van der Waals surface area contributed by atoms with Crippen molar-refractivity contribution in [2.45, 2.75) is 13.1 Å². The van der Waals surface area contributed by atoms with Gasteiger partial charge in [0.1, 0.15) is 34.3 Å². The first-order valence-electron chi connectivity index (χ1n) is 15.9. The number of hydrazine groups is 1. The zero-order valence-electron chi connectivity index (χ0n) is 28.5. The molecule has 0 aliphatic rings. The first kappa shape index (κ1) is 34.9. The maximum atomic E-state index is 16.1. The van der Waals surface area contributed by atoms with Crippen LogP contribution in [0.3, 0.4) is 0 Å². The number of aromatic amines is 1. The summed E-state index contributed by atoms with van der Waals surface area (Å²) in [5.41, 5.74) is 15.4. The number of aryl methyl sites for hydroxylation is 2. The third kappa shape index (κ3) is 5.62. The summed E-state index contributed by atoms with van der Waals surface area (Å²) in [7, 11) is 2.70. The molecule has 0 saturated heterocycles. The first-order valence-corrected chi connectivity index (χ1v) is 15.9. The van der Waals surface area contributed by atoms with E-state index in [2.05, 4.69) is 31.2 Å². The summed E-state index contributed by atoms with van der Waals surface area (Å²) in [6.45, 7) is 0.0220. The predicted molar refractivity (Wildman–Crippen MR) is 192 cm³/mol. The number of aromatic nitrogens is 8. The highest BCUT2D eigenvalue weighted by atomic mass is 19.1. The Kier molecular flexibility index (Phi) is 9.01. The molecule has 0 aliphatic carbocycles. The van der Waals surface area contributed by atoms with E-state index in [4.69, 9.17) is 42.6 Å². The number of tetrazole rings is 1. The monoisotopic (exact) mass is 736 g/mol. The summed E-state index contributed by atoms with van der Waals surface area (Å²) in [6, 6.07) is 14.7. The molecule has 54 heavy (non-hydrogen) atoms. The third-order valence-electron chi connectivity index (χ3n) is 8.82. The number of ether oxygens (including phenoxy) is 2. The van der Waals surface area contributed by atoms with E-state index in [-0.39, 0.29) is 92.3 Å². The molecule has 0 atom stereocenters. The van der Waals surface area contributed by atoms with Crippen LogP contribution in [0.25, 0.3) is 56.2 Å². The number of hydrogen-bond donors (Lipinski definition) is 6. The van der Waals surface area contributed by atoms with Gasteiger partial charge in [0.05, 0.1) is 47.5 Å². The second-order valence-electron chi connectivity index (χ2n) is 11.6. The Labute approximate surface area is 302 Å². The molecule has 0 spiro atoms. The van der Waals surface area contributed by atoms with Gasteiger partial charge in [0.2, 0.25) is 5.82 Å². The molecule has 3 aromatic heterocycles. The SMILES string of the molecule is COc1c(C(N)=O)ccc2c1nc(-c1c(F)cccc1/C(=N/N)NN)n2CCn1c(-c2c(F)cccc2-c2nn[nH]n2)nc2c(OC)c(C(N)=O)ccc21. The van der Waals surface area contributed by atoms with E-state index in [1.165, 1.54) is 50.6 Å². The summed E-state index contributed by atoms with van der Waals surface area (Å²) in [4.78, 5) is 34.4. The number of carbonyl (C=O) groups is 2. The average Bonchev–Trinajstić information content (AvgIpc) is 3.91. The number of hydrogen-bond acceptors (Lipinski definition) is 12. The number of amidine groups is 1. The molecular formula is C34H30F2N14O4. The van der Waals surface area contributed by atoms with Crippen molar-refractivity contribution in [1.29, 1.82) is 0 Å². The average molecular weight is 737 g/mol. The number of nitrogens with one attached hydrogen (secondary N) is 2. The fourth-order valence-corrected chi connectivity index (χ4v) is 6.52. The Morgan fingerprint density at radius 3 is 1.81 bits per heavy atom. The van der Waals surface area contributed by atoms with E-state index < -0.39 is 23.4 Å². The summed E-state index contributed by atoms with van der Waals surface area (Å²) in [5.74, 6) is 8.71. The van der Waals surface area contributed by atoms with Gasteiger partial charge >= 0.3 is 0 Å². The van der Waals surface area contributed by atoms with Gasteiger partial charge in [-0.2, -0.15) is 10.3 Å². The summed E-state index contributed by atoms with van der Waals surface area (Å²) < 4.78 is 46.7. The lowest BCUT2D eigenvalue weighted by Crippen LogP contribution is -2.32. The Morgan fingerprint density at radius 2 is 1.33 bits per heavy atom.